The van der Waals surface area contributed by atoms with Gasteiger partial charge in [0.05, 0.1) is 10.6 Å². The Hall–Kier alpha value is -1.11. The van der Waals surface area contributed by atoms with Crippen molar-refractivity contribution in [2.75, 3.05) is 6.61 Å². The minimum Gasteiger partial charge on any atom is -0.480 e. The molecule has 0 aliphatic heterocycles. The Kier molecular flexibility index (Phi) is 5.58. The first-order valence-corrected chi connectivity index (χ1v) is 6.22. The first-order chi connectivity index (χ1) is 8.45. The summed E-state index contributed by atoms with van der Waals surface area (Å²) in [6.45, 7) is -0.330. The standard InChI is InChI=1S/C11H11BrClNO4/c12-6-1-2-8(13)7(5-6)10(16)14-9(3-4-15)11(17)18/h1-2,5,9,15H,3-4H2,(H,14,16)(H,17,18). The van der Waals surface area contributed by atoms with Gasteiger partial charge in [-0.05, 0) is 18.2 Å². The predicted molar refractivity (Wildman–Crippen MR) is 69.7 cm³/mol. The van der Waals surface area contributed by atoms with Crippen LogP contribution in [0.5, 0.6) is 0 Å². The number of nitrogens with one attached hydrogen (secondary N) is 1. The fraction of sp³-hybridized carbons (Fsp3) is 0.273. The van der Waals surface area contributed by atoms with Crippen molar-refractivity contribution in [2.45, 2.75) is 12.5 Å². The number of hydrogen-bond donors (Lipinski definition) is 3. The average molecular weight is 337 g/mol. The number of carbonyl (C=O) groups is 2. The molecule has 0 heterocycles. The van der Waals surface area contributed by atoms with Crippen LogP contribution in [0.3, 0.4) is 0 Å². The van der Waals surface area contributed by atoms with E-state index in [9.17, 15) is 9.59 Å². The average Bonchev–Trinajstić information content (AvgIpc) is 2.31. The van der Waals surface area contributed by atoms with Crippen LogP contribution in [0.15, 0.2) is 22.7 Å². The fourth-order valence-electron chi connectivity index (χ4n) is 1.29. The Labute approximate surface area is 117 Å². The predicted octanol–water partition coefficient (Wildman–Crippen LogP) is 1.67. The molecule has 0 radical (unpaired) electrons. The molecule has 0 bridgehead atoms. The molecule has 1 atom stereocenters. The summed E-state index contributed by atoms with van der Waals surface area (Å²) in [6.07, 6.45) is -0.0628. The van der Waals surface area contributed by atoms with Gasteiger partial charge in [-0.1, -0.05) is 27.5 Å². The summed E-state index contributed by atoms with van der Waals surface area (Å²) in [6, 6.07) is 3.55. The molecule has 1 rings (SSSR count). The second-order valence-electron chi connectivity index (χ2n) is 3.50. The quantitative estimate of drug-likeness (QED) is 0.763. The van der Waals surface area contributed by atoms with Gasteiger partial charge in [0.25, 0.3) is 5.91 Å². The molecule has 0 fully saturated rings. The highest BCUT2D eigenvalue weighted by Gasteiger charge is 2.21. The zero-order chi connectivity index (χ0) is 13.7. The number of halogens is 2. The molecule has 18 heavy (non-hydrogen) atoms. The van der Waals surface area contributed by atoms with Crippen molar-refractivity contribution in [2.24, 2.45) is 0 Å². The number of amides is 1. The van der Waals surface area contributed by atoms with Crippen LogP contribution in [0.2, 0.25) is 5.02 Å². The first-order valence-electron chi connectivity index (χ1n) is 5.05. The second-order valence-corrected chi connectivity index (χ2v) is 4.82. The third-order valence-electron chi connectivity index (χ3n) is 2.19. The van der Waals surface area contributed by atoms with Crippen molar-refractivity contribution in [1.82, 2.24) is 5.32 Å². The van der Waals surface area contributed by atoms with Gasteiger partial charge in [-0.25, -0.2) is 4.79 Å². The van der Waals surface area contributed by atoms with Crippen LogP contribution in [-0.4, -0.2) is 34.7 Å². The molecule has 0 spiro atoms. The van der Waals surface area contributed by atoms with Crippen LogP contribution < -0.4 is 5.32 Å². The van der Waals surface area contributed by atoms with Gasteiger partial charge in [0.2, 0.25) is 0 Å². The minimum absolute atomic E-state index is 0.0628. The molecule has 1 amide bonds. The molecule has 1 aromatic carbocycles. The summed E-state index contributed by atoms with van der Waals surface area (Å²) in [5.74, 6) is -1.80. The van der Waals surface area contributed by atoms with Gasteiger partial charge in [0.15, 0.2) is 0 Å². The zero-order valence-corrected chi connectivity index (χ0v) is 11.5. The highest BCUT2D eigenvalue weighted by atomic mass is 79.9. The summed E-state index contributed by atoms with van der Waals surface area (Å²) in [4.78, 5) is 22.7. The van der Waals surface area contributed by atoms with E-state index in [4.69, 9.17) is 21.8 Å². The third-order valence-corrected chi connectivity index (χ3v) is 3.02. The lowest BCUT2D eigenvalue weighted by Gasteiger charge is -2.13. The number of aliphatic carboxylic acids is 1. The van der Waals surface area contributed by atoms with E-state index in [1.54, 1.807) is 6.07 Å². The van der Waals surface area contributed by atoms with Crippen molar-refractivity contribution in [3.05, 3.63) is 33.3 Å². The maximum Gasteiger partial charge on any atom is 0.326 e. The second kappa shape index (κ2) is 6.72. The summed E-state index contributed by atoms with van der Waals surface area (Å²) in [5, 5.41) is 20.1. The molecule has 0 saturated heterocycles. The van der Waals surface area contributed by atoms with Crippen LogP contribution in [0, 0.1) is 0 Å². The molecule has 1 unspecified atom stereocenters. The number of benzene rings is 1. The van der Waals surface area contributed by atoms with Gasteiger partial charge in [0, 0.05) is 17.5 Å². The molecule has 5 nitrogen and oxygen atoms in total. The van der Waals surface area contributed by atoms with Crippen LogP contribution in [0.25, 0.3) is 0 Å². The van der Waals surface area contributed by atoms with E-state index in [1.807, 2.05) is 0 Å². The fourth-order valence-corrected chi connectivity index (χ4v) is 1.86. The van der Waals surface area contributed by atoms with Gasteiger partial charge >= 0.3 is 5.97 Å². The Morgan fingerprint density at radius 3 is 2.67 bits per heavy atom. The number of aliphatic hydroxyl groups is 1. The summed E-state index contributed by atoms with van der Waals surface area (Å²) >= 11 is 9.05. The topological polar surface area (TPSA) is 86.6 Å². The number of rotatable bonds is 5. The third kappa shape index (κ3) is 3.97. The van der Waals surface area contributed by atoms with Crippen LogP contribution in [0.4, 0.5) is 0 Å². The van der Waals surface area contributed by atoms with E-state index >= 15 is 0 Å². The summed E-state index contributed by atoms with van der Waals surface area (Å²) in [7, 11) is 0. The number of aliphatic hydroxyl groups excluding tert-OH is 1. The number of carboxylic acids is 1. The molecule has 0 aromatic heterocycles. The Morgan fingerprint density at radius 1 is 1.44 bits per heavy atom. The van der Waals surface area contributed by atoms with E-state index in [1.165, 1.54) is 12.1 Å². The van der Waals surface area contributed by atoms with Crippen molar-refractivity contribution in [1.29, 1.82) is 0 Å². The van der Waals surface area contributed by atoms with Gasteiger partial charge < -0.3 is 15.5 Å². The van der Waals surface area contributed by atoms with Crippen molar-refractivity contribution >= 4 is 39.4 Å². The Morgan fingerprint density at radius 2 is 2.11 bits per heavy atom. The van der Waals surface area contributed by atoms with Crippen LogP contribution >= 0.6 is 27.5 Å². The van der Waals surface area contributed by atoms with Gasteiger partial charge in [-0.3, -0.25) is 4.79 Å². The molecule has 7 heteroatoms. The lowest BCUT2D eigenvalue weighted by Crippen LogP contribution is -2.41. The monoisotopic (exact) mass is 335 g/mol. The van der Waals surface area contributed by atoms with E-state index in [0.717, 1.165) is 0 Å². The van der Waals surface area contributed by atoms with E-state index < -0.39 is 17.9 Å². The number of carbonyl (C=O) groups excluding carboxylic acids is 1. The molecule has 0 aliphatic carbocycles. The molecule has 1 aromatic rings. The van der Waals surface area contributed by atoms with E-state index in [2.05, 4.69) is 21.2 Å². The molecule has 98 valence electrons. The smallest absolute Gasteiger partial charge is 0.326 e. The normalized spacial score (nSPS) is 11.9. The Bertz CT molecular complexity index is 466. The highest BCUT2D eigenvalue weighted by Crippen LogP contribution is 2.21. The lowest BCUT2D eigenvalue weighted by atomic mass is 10.1. The highest BCUT2D eigenvalue weighted by molar-refractivity contribution is 9.10. The number of hydrogen-bond acceptors (Lipinski definition) is 3. The molecular weight excluding hydrogens is 325 g/mol. The van der Waals surface area contributed by atoms with E-state index in [-0.39, 0.29) is 23.6 Å². The van der Waals surface area contributed by atoms with E-state index in [0.29, 0.717) is 4.47 Å². The van der Waals surface area contributed by atoms with Crippen molar-refractivity contribution in [3.63, 3.8) is 0 Å². The molecular formula is C11H11BrClNO4. The lowest BCUT2D eigenvalue weighted by molar-refractivity contribution is -0.139. The summed E-state index contributed by atoms with van der Waals surface area (Å²) in [5.41, 5.74) is 0.176. The zero-order valence-electron chi connectivity index (χ0n) is 9.19. The summed E-state index contributed by atoms with van der Waals surface area (Å²) < 4.78 is 0.658. The SMILES string of the molecule is O=C(NC(CCO)C(=O)O)c1cc(Br)ccc1Cl. The van der Waals surface area contributed by atoms with Crippen LogP contribution in [0.1, 0.15) is 16.8 Å². The number of carboxylic acid groups (broad SMARTS) is 1. The van der Waals surface area contributed by atoms with Crippen molar-refractivity contribution < 1.29 is 19.8 Å². The van der Waals surface area contributed by atoms with Crippen LogP contribution in [-0.2, 0) is 4.79 Å². The first kappa shape index (κ1) is 14.9. The minimum atomic E-state index is -1.21. The molecule has 3 N–H and O–H groups in total. The van der Waals surface area contributed by atoms with Gasteiger partial charge in [-0.15, -0.1) is 0 Å². The van der Waals surface area contributed by atoms with Gasteiger partial charge in [0.1, 0.15) is 6.04 Å². The largest absolute Gasteiger partial charge is 0.480 e. The molecule has 0 aliphatic rings. The maximum atomic E-state index is 11.8. The van der Waals surface area contributed by atoms with Gasteiger partial charge in [-0.2, -0.15) is 0 Å². The van der Waals surface area contributed by atoms with Crippen molar-refractivity contribution in [3.8, 4) is 0 Å². The molecule has 0 saturated carbocycles. The maximum absolute atomic E-state index is 11.8. The Balaban J connectivity index is 2.86.